The highest BCUT2D eigenvalue weighted by atomic mass is 32.2. The molecule has 1 aromatic carbocycles. The van der Waals surface area contributed by atoms with Gasteiger partial charge >= 0.3 is 0 Å². The van der Waals surface area contributed by atoms with Crippen molar-refractivity contribution in [2.24, 2.45) is 0 Å². The molecule has 0 radical (unpaired) electrons. The van der Waals surface area contributed by atoms with Crippen LogP contribution in [0.2, 0.25) is 0 Å². The molecule has 0 aliphatic heterocycles. The van der Waals surface area contributed by atoms with Crippen molar-refractivity contribution in [2.45, 2.75) is 64.2 Å². The molecule has 0 aliphatic rings. The molecule has 1 heterocycles. The number of nitrogens with zero attached hydrogens (tertiary/aromatic N) is 3. The van der Waals surface area contributed by atoms with Gasteiger partial charge in [-0.15, -0.1) is 10.2 Å². The Kier molecular flexibility index (Phi) is 7.84. The maximum atomic E-state index is 12.2. The van der Waals surface area contributed by atoms with Crippen LogP contribution in [0.3, 0.4) is 0 Å². The molecule has 0 atom stereocenters. The van der Waals surface area contributed by atoms with Crippen LogP contribution >= 0.6 is 11.8 Å². The second-order valence-electron chi connectivity index (χ2n) is 7.91. The summed E-state index contributed by atoms with van der Waals surface area (Å²) in [5.41, 5.74) is 0.426. The fourth-order valence-corrected chi connectivity index (χ4v) is 4.12. The van der Waals surface area contributed by atoms with Crippen LogP contribution in [0.4, 0.5) is 0 Å². The molecule has 0 saturated heterocycles. The van der Waals surface area contributed by atoms with Crippen molar-refractivity contribution in [1.29, 1.82) is 0 Å². The van der Waals surface area contributed by atoms with Crippen LogP contribution in [0.1, 0.15) is 53.5 Å². The molecule has 0 bridgehead atoms. The van der Waals surface area contributed by atoms with Crippen molar-refractivity contribution >= 4 is 23.5 Å². The number of rotatable bonds is 10. The molecule has 0 aliphatic carbocycles. The number of Topliss-reactive ketones (excluding diaryl/α,β-unsaturated/α-hetero) is 1. The lowest BCUT2D eigenvalue weighted by Gasteiger charge is -2.25. The minimum Gasteiger partial charge on any atom is -0.497 e. The van der Waals surface area contributed by atoms with Gasteiger partial charge in [0.05, 0.1) is 7.11 Å². The van der Waals surface area contributed by atoms with E-state index < -0.39 is 5.54 Å². The zero-order valence-corrected chi connectivity index (χ0v) is 18.8. The molecule has 0 spiro atoms. The highest BCUT2D eigenvalue weighted by Gasteiger charge is 2.22. The van der Waals surface area contributed by atoms with Gasteiger partial charge in [0.1, 0.15) is 11.5 Å². The van der Waals surface area contributed by atoms with Crippen molar-refractivity contribution in [3.05, 3.63) is 24.3 Å². The van der Waals surface area contributed by atoms with E-state index in [0.717, 1.165) is 22.3 Å². The monoisotopic (exact) mass is 418 g/mol. The van der Waals surface area contributed by atoms with Crippen molar-refractivity contribution < 1.29 is 14.3 Å². The summed E-state index contributed by atoms with van der Waals surface area (Å²) in [7, 11) is 1.64. The Morgan fingerprint density at radius 2 is 1.86 bits per heavy atom. The van der Waals surface area contributed by atoms with Crippen LogP contribution in [0.5, 0.6) is 5.75 Å². The minimum atomic E-state index is -0.535. The first-order valence-corrected chi connectivity index (χ1v) is 10.6. The van der Waals surface area contributed by atoms with E-state index in [-0.39, 0.29) is 17.7 Å². The second-order valence-corrected chi connectivity index (χ2v) is 8.97. The predicted octanol–water partition coefficient (Wildman–Crippen LogP) is 3.89. The maximum Gasteiger partial charge on any atom is 0.221 e. The van der Waals surface area contributed by atoms with Crippen molar-refractivity contribution in [3.8, 4) is 17.1 Å². The van der Waals surface area contributed by atoms with Gasteiger partial charge < -0.3 is 10.1 Å². The lowest BCUT2D eigenvalue weighted by atomic mass is 9.98. The molecule has 0 fully saturated rings. The first-order valence-electron chi connectivity index (χ1n) is 9.65. The zero-order chi connectivity index (χ0) is 21.6. The van der Waals surface area contributed by atoms with E-state index in [1.807, 2.05) is 38.1 Å². The standard InChI is InChI=1S/C21H30N4O3S/c1-14(2)25-19(16-7-9-17(28-6)10-8-16)23-24-20(25)29-12-11-18(27)22-21(4,5)13-15(3)26/h7-10,14H,11-13H2,1-6H3,(H,22,27). The Balaban J connectivity index is 2.03. The summed E-state index contributed by atoms with van der Waals surface area (Å²) in [6.07, 6.45) is 0.660. The number of benzene rings is 1. The highest BCUT2D eigenvalue weighted by molar-refractivity contribution is 7.99. The Bertz CT molecular complexity index is 844. The molecule has 7 nitrogen and oxygen atoms in total. The minimum absolute atomic E-state index is 0.0563. The summed E-state index contributed by atoms with van der Waals surface area (Å²) in [6, 6.07) is 7.89. The van der Waals surface area contributed by atoms with E-state index in [2.05, 4.69) is 33.9 Å². The first kappa shape index (κ1) is 22.9. The lowest BCUT2D eigenvalue weighted by Crippen LogP contribution is -2.44. The fraction of sp³-hybridized carbons (Fsp3) is 0.524. The summed E-state index contributed by atoms with van der Waals surface area (Å²) in [5.74, 6) is 2.14. The summed E-state index contributed by atoms with van der Waals surface area (Å²) in [6.45, 7) is 9.41. The molecule has 8 heteroatoms. The van der Waals surface area contributed by atoms with Crippen LogP contribution in [-0.4, -0.2) is 44.9 Å². The van der Waals surface area contributed by atoms with Crippen LogP contribution < -0.4 is 10.1 Å². The van der Waals surface area contributed by atoms with Crippen LogP contribution in [0, 0.1) is 0 Å². The van der Waals surface area contributed by atoms with E-state index in [4.69, 9.17) is 4.74 Å². The van der Waals surface area contributed by atoms with Crippen LogP contribution in [-0.2, 0) is 9.59 Å². The smallest absolute Gasteiger partial charge is 0.221 e. The molecule has 158 valence electrons. The molecule has 2 rings (SSSR count). The number of carbonyl (C=O) groups is 2. The van der Waals surface area contributed by atoms with Crippen molar-refractivity contribution in [1.82, 2.24) is 20.1 Å². The van der Waals surface area contributed by atoms with Gasteiger partial charge in [-0.2, -0.15) is 0 Å². The average Bonchev–Trinajstić information content (AvgIpc) is 3.04. The van der Waals surface area contributed by atoms with Gasteiger partial charge in [0.2, 0.25) is 5.91 Å². The van der Waals surface area contributed by atoms with Gasteiger partial charge in [0.25, 0.3) is 0 Å². The van der Waals surface area contributed by atoms with Crippen molar-refractivity contribution in [3.63, 3.8) is 0 Å². The Morgan fingerprint density at radius 1 is 1.21 bits per heavy atom. The largest absolute Gasteiger partial charge is 0.497 e. The predicted molar refractivity (Wildman–Crippen MR) is 115 cm³/mol. The SMILES string of the molecule is COc1ccc(-c2nnc(SCCC(=O)NC(C)(C)CC(C)=O)n2C(C)C)cc1. The average molecular weight is 419 g/mol. The van der Waals surface area contributed by atoms with E-state index >= 15 is 0 Å². The number of hydrogen-bond donors (Lipinski definition) is 1. The van der Waals surface area contributed by atoms with Gasteiger partial charge in [-0.1, -0.05) is 11.8 Å². The number of aromatic nitrogens is 3. The molecule has 1 aromatic heterocycles. The first-order chi connectivity index (χ1) is 13.6. The number of carbonyl (C=O) groups excluding carboxylic acids is 2. The molecular weight excluding hydrogens is 388 g/mol. The number of nitrogens with one attached hydrogen (secondary N) is 1. The third-order valence-corrected chi connectivity index (χ3v) is 5.20. The zero-order valence-electron chi connectivity index (χ0n) is 18.0. The van der Waals surface area contributed by atoms with Crippen LogP contribution in [0.15, 0.2) is 29.4 Å². The van der Waals surface area contributed by atoms with E-state index in [0.29, 0.717) is 18.6 Å². The molecule has 1 N–H and O–H groups in total. The second kappa shape index (κ2) is 9.91. The molecular formula is C21H30N4O3S. The number of ether oxygens (including phenoxy) is 1. The highest BCUT2D eigenvalue weighted by Crippen LogP contribution is 2.29. The number of thioether (sulfide) groups is 1. The van der Waals surface area contributed by atoms with E-state index in [1.54, 1.807) is 7.11 Å². The molecule has 29 heavy (non-hydrogen) atoms. The lowest BCUT2D eigenvalue weighted by molar-refractivity contribution is -0.123. The van der Waals surface area contributed by atoms with Gasteiger partial charge in [0, 0.05) is 35.7 Å². The van der Waals surface area contributed by atoms with E-state index in [1.165, 1.54) is 18.7 Å². The Labute approximate surface area is 176 Å². The Hall–Kier alpha value is -2.35. The number of amides is 1. The molecule has 1 amide bonds. The Morgan fingerprint density at radius 3 is 2.41 bits per heavy atom. The quantitative estimate of drug-likeness (QED) is 0.589. The summed E-state index contributed by atoms with van der Waals surface area (Å²) in [4.78, 5) is 23.6. The normalized spacial score (nSPS) is 11.6. The number of methoxy groups -OCH3 is 1. The van der Waals surface area contributed by atoms with E-state index in [9.17, 15) is 9.59 Å². The summed E-state index contributed by atoms with van der Waals surface area (Å²) < 4.78 is 7.29. The van der Waals surface area contributed by atoms with Crippen LogP contribution in [0.25, 0.3) is 11.4 Å². The number of hydrogen-bond acceptors (Lipinski definition) is 6. The third kappa shape index (κ3) is 6.59. The van der Waals surface area contributed by atoms with Gasteiger partial charge in [-0.25, -0.2) is 0 Å². The van der Waals surface area contributed by atoms with Gasteiger partial charge in [-0.3, -0.25) is 14.2 Å². The van der Waals surface area contributed by atoms with Crippen molar-refractivity contribution in [2.75, 3.05) is 12.9 Å². The fourth-order valence-electron chi connectivity index (χ4n) is 3.12. The topological polar surface area (TPSA) is 86.1 Å². The summed E-state index contributed by atoms with van der Waals surface area (Å²) >= 11 is 1.50. The van der Waals surface area contributed by atoms with Gasteiger partial charge in [-0.05, 0) is 58.9 Å². The van der Waals surface area contributed by atoms with Gasteiger partial charge in [0.15, 0.2) is 11.0 Å². The summed E-state index contributed by atoms with van der Waals surface area (Å²) in [5, 5.41) is 12.4. The number of ketones is 1. The molecule has 0 unspecified atom stereocenters. The molecule has 2 aromatic rings. The maximum absolute atomic E-state index is 12.2. The third-order valence-electron chi connectivity index (χ3n) is 4.26. The molecule has 0 saturated carbocycles.